The Morgan fingerprint density at radius 1 is 1.33 bits per heavy atom. The number of morpholine rings is 1. The van der Waals surface area contributed by atoms with E-state index in [2.05, 4.69) is 0 Å². The molecule has 21 heavy (non-hydrogen) atoms. The van der Waals surface area contributed by atoms with E-state index in [1.807, 2.05) is 0 Å². The van der Waals surface area contributed by atoms with Gasteiger partial charge in [0.2, 0.25) is 0 Å². The molecule has 1 unspecified atom stereocenters. The first-order valence-electron chi connectivity index (χ1n) is 6.75. The molecule has 1 aromatic rings. The lowest BCUT2D eigenvalue weighted by Crippen LogP contribution is -2.56. The Balaban J connectivity index is 1.86. The van der Waals surface area contributed by atoms with Gasteiger partial charge in [0.1, 0.15) is 5.82 Å². The zero-order valence-electron chi connectivity index (χ0n) is 11.3. The Morgan fingerprint density at radius 3 is 2.90 bits per heavy atom. The number of carbonyl (C=O) groups is 2. The Labute approximate surface area is 120 Å². The van der Waals surface area contributed by atoms with E-state index in [0.717, 1.165) is 5.56 Å². The van der Waals surface area contributed by atoms with Crippen LogP contribution in [0.2, 0.25) is 0 Å². The minimum atomic E-state index is -1.10. The van der Waals surface area contributed by atoms with Crippen LogP contribution in [0.5, 0.6) is 0 Å². The first-order valence-corrected chi connectivity index (χ1v) is 6.75. The van der Waals surface area contributed by atoms with E-state index in [1.54, 1.807) is 6.07 Å². The van der Waals surface area contributed by atoms with Gasteiger partial charge in [0, 0.05) is 13.1 Å². The second kappa shape index (κ2) is 5.33. The number of aliphatic carboxylic acids is 1. The number of hydrogen-bond donors (Lipinski definition) is 1. The predicted octanol–water partition coefficient (Wildman–Crippen LogP) is 1.09. The van der Waals surface area contributed by atoms with Crippen molar-refractivity contribution < 1.29 is 23.8 Å². The van der Waals surface area contributed by atoms with Crippen molar-refractivity contribution in [3.05, 3.63) is 29.6 Å². The molecule has 3 rings (SSSR count). The lowest BCUT2D eigenvalue weighted by atomic mass is 10.2. The molecule has 2 heterocycles. The van der Waals surface area contributed by atoms with E-state index in [1.165, 1.54) is 21.9 Å². The summed E-state index contributed by atoms with van der Waals surface area (Å²) in [5.41, 5.74) is 1.42. The molecule has 2 amide bonds. The first kappa shape index (κ1) is 13.8. The minimum absolute atomic E-state index is 0.0229. The Morgan fingerprint density at radius 2 is 2.14 bits per heavy atom. The molecule has 6 nitrogen and oxygen atoms in total. The van der Waals surface area contributed by atoms with Crippen molar-refractivity contribution in [3.63, 3.8) is 0 Å². The maximum absolute atomic E-state index is 13.4. The van der Waals surface area contributed by atoms with Gasteiger partial charge in [-0.2, -0.15) is 0 Å². The van der Waals surface area contributed by atoms with E-state index in [0.29, 0.717) is 25.3 Å². The van der Waals surface area contributed by atoms with Crippen LogP contribution in [-0.2, 0) is 16.0 Å². The van der Waals surface area contributed by atoms with E-state index < -0.39 is 23.9 Å². The van der Waals surface area contributed by atoms with Crippen molar-refractivity contribution >= 4 is 17.7 Å². The number of anilines is 1. The van der Waals surface area contributed by atoms with Crippen LogP contribution in [0.3, 0.4) is 0 Å². The highest BCUT2D eigenvalue weighted by Gasteiger charge is 2.37. The lowest BCUT2D eigenvalue weighted by molar-refractivity contribution is -0.147. The normalized spacial score (nSPS) is 21.3. The Hall–Kier alpha value is -2.15. The maximum Gasteiger partial charge on any atom is 0.328 e. The zero-order valence-corrected chi connectivity index (χ0v) is 11.3. The maximum atomic E-state index is 13.4. The van der Waals surface area contributed by atoms with Gasteiger partial charge in [0.05, 0.1) is 18.9 Å². The SMILES string of the molecule is O=C(O)C1COCCN1C(=O)N1CCc2ccc(F)cc21. The number of amides is 2. The minimum Gasteiger partial charge on any atom is -0.480 e. The molecule has 0 bridgehead atoms. The van der Waals surface area contributed by atoms with Crippen LogP contribution in [0.25, 0.3) is 0 Å². The molecule has 1 N–H and O–H groups in total. The highest BCUT2D eigenvalue weighted by molar-refractivity contribution is 5.96. The third-order valence-corrected chi connectivity index (χ3v) is 3.83. The molecule has 0 spiro atoms. The molecule has 1 atom stereocenters. The van der Waals surface area contributed by atoms with Crippen LogP contribution in [0.4, 0.5) is 14.9 Å². The second-order valence-corrected chi connectivity index (χ2v) is 5.08. The van der Waals surface area contributed by atoms with Gasteiger partial charge in [-0.15, -0.1) is 0 Å². The molecule has 7 heteroatoms. The van der Waals surface area contributed by atoms with E-state index in [-0.39, 0.29) is 13.2 Å². The number of nitrogens with zero attached hydrogens (tertiary/aromatic N) is 2. The summed E-state index contributed by atoms with van der Waals surface area (Å²) in [5, 5.41) is 9.19. The quantitative estimate of drug-likeness (QED) is 0.842. The molecule has 0 saturated carbocycles. The predicted molar refractivity (Wildman–Crippen MR) is 71.8 cm³/mol. The van der Waals surface area contributed by atoms with E-state index >= 15 is 0 Å². The number of hydrogen-bond acceptors (Lipinski definition) is 3. The van der Waals surface area contributed by atoms with Gasteiger partial charge in [-0.3, -0.25) is 4.90 Å². The van der Waals surface area contributed by atoms with Crippen LogP contribution >= 0.6 is 0 Å². The number of benzene rings is 1. The lowest BCUT2D eigenvalue weighted by Gasteiger charge is -2.35. The van der Waals surface area contributed by atoms with Crippen LogP contribution < -0.4 is 4.90 Å². The monoisotopic (exact) mass is 294 g/mol. The highest BCUT2D eigenvalue weighted by atomic mass is 19.1. The van der Waals surface area contributed by atoms with Crippen LogP contribution in [0, 0.1) is 5.82 Å². The van der Waals surface area contributed by atoms with Crippen LogP contribution in [-0.4, -0.2) is 54.4 Å². The van der Waals surface area contributed by atoms with Crippen molar-refractivity contribution in [3.8, 4) is 0 Å². The van der Waals surface area contributed by atoms with Crippen LogP contribution in [0.15, 0.2) is 18.2 Å². The van der Waals surface area contributed by atoms with Crippen molar-refractivity contribution in [1.29, 1.82) is 0 Å². The fourth-order valence-electron chi connectivity index (χ4n) is 2.74. The average Bonchev–Trinajstić information content (AvgIpc) is 2.89. The smallest absolute Gasteiger partial charge is 0.328 e. The first-order chi connectivity index (χ1) is 10.1. The number of rotatable bonds is 1. The van der Waals surface area contributed by atoms with E-state index in [9.17, 15) is 19.1 Å². The summed E-state index contributed by atoms with van der Waals surface area (Å²) in [6.07, 6.45) is 0.642. The summed E-state index contributed by atoms with van der Waals surface area (Å²) in [7, 11) is 0. The Bertz CT molecular complexity index is 592. The van der Waals surface area contributed by atoms with Gasteiger partial charge in [0.25, 0.3) is 0 Å². The molecule has 0 radical (unpaired) electrons. The standard InChI is InChI=1S/C14H15FN2O4/c15-10-2-1-9-3-4-16(11(9)7-10)14(20)17-5-6-21-8-12(17)13(18)19/h1-2,7,12H,3-6,8H2,(H,18,19). The van der Waals surface area contributed by atoms with Crippen molar-refractivity contribution in [2.75, 3.05) is 31.2 Å². The third-order valence-electron chi connectivity index (χ3n) is 3.83. The Kier molecular flexibility index (Phi) is 3.50. The molecule has 0 aliphatic carbocycles. The van der Waals surface area contributed by atoms with Gasteiger partial charge in [-0.25, -0.2) is 14.0 Å². The van der Waals surface area contributed by atoms with Gasteiger partial charge in [-0.1, -0.05) is 6.07 Å². The second-order valence-electron chi connectivity index (χ2n) is 5.08. The third kappa shape index (κ3) is 2.44. The van der Waals surface area contributed by atoms with Gasteiger partial charge >= 0.3 is 12.0 Å². The van der Waals surface area contributed by atoms with Gasteiger partial charge < -0.3 is 14.7 Å². The zero-order chi connectivity index (χ0) is 15.0. The largest absolute Gasteiger partial charge is 0.480 e. The number of fused-ring (bicyclic) bond motifs is 1. The fourth-order valence-corrected chi connectivity index (χ4v) is 2.74. The summed E-state index contributed by atoms with van der Waals surface area (Å²) in [6.45, 7) is 0.933. The van der Waals surface area contributed by atoms with Crippen molar-refractivity contribution in [1.82, 2.24) is 4.90 Å². The number of ether oxygens (including phenoxy) is 1. The van der Waals surface area contributed by atoms with Gasteiger partial charge in [-0.05, 0) is 24.1 Å². The molecule has 2 aliphatic rings. The molecular formula is C14H15FN2O4. The molecular weight excluding hydrogens is 279 g/mol. The topological polar surface area (TPSA) is 70.1 Å². The van der Waals surface area contributed by atoms with Gasteiger partial charge in [0.15, 0.2) is 6.04 Å². The molecule has 0 aromatic heterocycles. The molecule has 112 valence electrons. The molecule has 1 fully saturated rings. The highest BCUT2D eigenvalue weighted by Crippen LogP contribution is 2.30. The number of carboxylic acid groups (broad SMARTS) is 1. The number of carbonyl (C=O) groups excluding carboxylic acids is 1. The number of carboxylic acids is 1. The van der Waals surface area contributed by atoms with E-state index in [4.69, 9.17) is 4.74 Å². The number of halogens is 1. The molecule has 1 aromatic carbocycles. The van der Waals surface area contributed by atoms with Crippen LogP contribution in [0.1, 0.15) is 5.56 Å². The number of urea groups is 1. The summed E-state index contributed by atoms with van der Waals surface area (Å²) >= 11 is 0. The average molecular weight is 294 g/mol. The summed E-state index contributed by atoms with van der Waals surface area (Å²) in [6, 6.07) is 2.93. The van der Waals surface area contributed by atoms with Crippen molar-refractivity contribution in [2.24, 2.45) is 0 Å². The fraction of sp³-hybridized carbons (Fsp3) is 0.429. The van der Waals surface area contributed by atoms with Crippen molar-refractivity contribution in [2.45, 2.75) is 12.5 Å². The summed E-state index contributed by atoms with van der Waals surface area (Å²) in [4.78, 5) is 26.6. The molecule has 1 saturated heterocycles. The summed E-state index contributed by atoms with van der Waals surface area (Å²) < 4.78 is 18.5. The molecule has 2 aliphatic heterocycles. The summed E-state index contributed by atoms with van der Waals surface area (Å²) in [5.74, 6) is -1.51.